The fourth-order valence-electron chi connectivity index (χ4n) is 5.80. The molecule has 4 aromatic rings. The highest BCUT2D eigenvalue weighted by atomic mass is 35.5. The minimum Gasteiger partial charge on any atom is -0.378 e. The molecule has 214 valence electrons. The van der Waals surface area contributed by atoms with Gasteiger partial charge in [0.2, 0.25) is 0 Å². The lowest BCUT2D eigenvalue weighted by molar-refractivity contribution is 0.0304. The molecule has 0 unspecified atom stereocenters. The minimum atomic E-state index is -0.235. The molecule has 11 heteroatoms. The van der Waals surface area contributed by atoms with E-state index in [0.717, 1.165) is 35.9 Å². The van der Waals surface area contributed by atoms with Gasteiger partial charge >= 0.3 is 0 Å². The maximum Gasteiger partial charge on any atom is 0.278 e. The predicted octanol–water partition coefficient (Wildman–Crippen LogP) is 2.64. The summed E-state index contributed by atoms with van der Waals surface area (Å²) in [5.74, 6) is 6.60. The van der Waals surface area contributed by atoms with Gasteiger partial charge in [-0.25, -0.2) is 4.98 Å². The zero-order chi connectivity index (χ0) is 27.6. The molecule has 2 aliphatic heterocycles. The van der Waals surface area contributed by atoms with Crippen LogP contribution in [0.3, 0.4) is 0 Å². The number of hydrogen-bond donors (Lipinski definition) is 1. The number of benzene rings is 1. The highest BCUT2D eigenvalue weighted by Gasteiger charge is 2.34. The highest BCUT2D eigenvalue weighted by molar-refractivity contribution is 6.10. The Labute approximate surface area is 244 Å². The van der Waals surface area contributed by atoms with Crippen LogP contribution >= 0.6 is 12.4 Å². The Hall–Kier alpha value is -3.91. The summed E-state index contributed by atoms with van der Waals surface area (Å²) in [4.78, 5) is 41.6. The number of hydrogen-bond acceptors (Lipinski definition) is 7. The number of fused-ring (bicyclic) bond motifs is 2. The molecular weight excluding hydrogens is 542 g/mol. The summed E-state index contributed by atoms with van der Waals surface area (Å²) in [6, 6.07) is 9.91. The van der Waals surface area contributed by atoms with E-state index in [1.165, 1.54) is 6.33 Å². The second-order valence-corrected chi connectivity index (χ2v) is 10.3. The molecule has 10 nitrogen and oxygen atoms in total. The number of nitrogens with two attached hydrogens (primary N) is 1. The van der Waals surface area contributed by atoms with Crippen molar-refractivity contribution in [2.75, 3.05) is 44.3 Å². The van der Waals surface area contributed by atoms with Gasteiger partial charge in [0.05, 0.1) is 38.3 Å². The largest absolute Gasteiger partial charge is 0.378 e. The molecule has 0 saturated carbocycles. The Bertz CT molecular complexity index is 1690. The molecule has 0 aliphatic carbocycles. The van der Waals surface area contributed by atoms with Crippen molar-refractivity contribution in [3.8, 4) is 11.8 Å². The Kier molecular flexibility index (Phi) is 8.59. The number of anilines is 1. The van der Waals surface area contributed by atoms with Crippen LogP contribution in [0.15, 0.2) is 47.7 Å². The third kappa shape index (κ3) is 5.40. The first-order valence-electron chi connectivity index (χ1n) is 13.8. The number of ether oxygens (including phenoxy) is 1. The average molecular weight is 576 g/mol. The van der Waals surface area contributed by atoms with Gasteiger partial charge < -0.3 is 24.8 Å². The number of nitrogens with zero attached hydrogens (tertiary/aromatic N) is 6. The van der Waals surface area contributed by atoms with Crippen LogP contribution in [-0.2, 0) is 17.8 Å². The first kappa shape index (κ1) is 28.6. The number of morpholine rings is 1. The zero-order valence-corrected chi connectivity index (χ0v) is 23.9. The van der Waals surface area contributed by atoms with E-state index < -0.39 is 0 Å². The molecule has 2 fully saturated rings. The van der Waals surface area contributed by atoms with E-state index in [1.807, 2.05) is 34.9 Å². The number of halogens is 1. The molecule has 41 heavy (non-hydrogen) atoms. The van der Waals surface area contributed by atoms with Crippen LogP contribution in [0.2, 0.25) is 0 Å². The van der Waals surface area contributed by atoms with Crippen LogP contribution in [0.4, 0.5) is 5.82 Å². The van der Waals surface area contributed by atoms with Gasteiger partial charge in [-0.1, -0.05) is 30.2 Å². The second kappa shape index (κ2) is 12.3. The van der Waals surface area contributed by atoms with E-state index in [-0.39, 0.29) is 43.0 Å². The van der Waals surface area contributed by atoms with Crippen molar-refractivity contribution in [3.05, 3.63) is 64.5 Å². The summed E-state index contributed by atoms with van der Waals surface area (Å²) in [6.45, 7) is 5.55. The van der Waals surface area contributed by atoms with Crippen LogP contribution in [0.5, 0.6) is 0 Å². The second-order valence-electron chi connectivity index (χ2n) is 10.3. The van der Waals surface area contributed by atoms with Gasteiger partial charge in [0.15, 0.2) is 0 Å². The number of rotatable bonds is 5. The molecule has 0 radical (unpaired) electrons. The van der Waals surface area contributed by atoms with Crippen molar-refractivity contribution >= 4 is 45.9 Å². The fourth-order valence-corrected chi connectivity index (χ4v) is 5.80. The summed E-state index contributed by atoms with van der Waals surface area (Å²) < 4.78 is 8.94. The lowest BCUT2D eigenvalue weighted by Gasteiger charge is -2.34. The van der Waals surface area contributed by atoms with Crippen molar-refractivity contribution in [2.45, 2.75) is 38.9 Å². The van der Waals surface area contributed by atoms with E-state index in [2.05, 4.69) is 21.7 Å². The predicted molar refractivity (Wildman–Crippen MR) is 162 cm³/mol. The van der Waals surface area contributed by atoms with Gasteiger partial charge in [0, 0.05) is 43.8 Å². The number of pyridine rings is 1. The van der Waals surface area contributed by atoms with Crippen LogP contribution in [0, 0.1) is 11.8 Å². The third-order valence-electron chi connectivity index (χ3n) is 7.76. The minimum absolute atomic E-state index is 0. The van der Waals surface area contributed by atoms with Crippen LogP contribution in [0.1, 0.15) is 35.8 Å². The summed E-state index contributed by atoms with van der Waals surface area (Å²) >= 11 is 0. The fraction of sp³-hybridized carbons (Fsp3) is 0.400. The molecular formula is C30H34ClN7O3. The third-order valence-corrected chi connectivity index (χ3v) is 7.76. The van der Waals surface area contributed by atoms with Crippen molar-refractivity contribution < 1.29 is 9.53 Å². The van der Waals surface area contributed by atoms with Crippen molar-refractivity contribution in [3.63, 3.8) is 0 Å². The molecule has 1 aromatic carbocycles. The average Bonchev–Trinajstić information content (AvgIpc) is 3.32. The van der Waals surface area contributed by atoms with E-state index in [4.69, 9.17) is 15.5 Å². The number of amides is 1. The monoisotopic (exact) mass is 575 g/mol. The Balaban J connectivity index is 0.00000337. The zero-order valence-electron chi connectivity index (χ0n) is 23.1. The van der Waals surface area contributed by atoms with E-state index in [9.17, 15) is 9.59 Å². The summed E-state index contributed by atoms with van der Waals surface area (Å²) in [6.07, 6.45) is 5.11. The molecule has 5 heterocycles. The first-order chi connectivity index (χ1) is 19.6. The smallest absolute Gasteiger partial charge is 0.278 e. The van der Waals surface area contributed by atoms with E-state index >= 15 is 0 Å². The molecule has 0 bridgehead atoms. The Morgan fingerprint density at radius 3 is 2.73 bits per heavy atom. The lowest BCUT2D eigenvalue weighted by atomic mass is 10.1. The van der Waals surface area contributed by atoms with Gasteiger partial charge in [-0.15, -0.1) is 18.3 Å². The maximum absolute atomic E-state index is 14.2. The topological polar surface area (TPSA) is 112 Å². The van der Waals surface area contributed by atoms with Gasteiger partial charge in [-0.05, 0) is 31.2 Å². The molecule has 2 N–H and O–H groups in total. The summed E-state index contributed by atoms with van der Waals surface area (Å²) in [7, 11) is 0. The van der Waals surface area contributed by atoms with Crippen molar-refractivity contribution in [1.82, 2.24) is 24.0 Å². The first-order valence-corrected chi connectivity index (χ1v) is 13.8. The van der Waals surface area contributed by atoms with Crippen molar-refractivity contribution in [1.29, 1.82) is 0 Å². The molecule has 3 aromatic heterocycles. The SMILES string of the molecule is CC#CCn1c(N2CCC[C@H](N)C2)c(C(=O)N2CCOCC2)c2ncn(Cc3nccc4ccccc34)c(=O)c21.Cl. The van der Waals surface area contributed by atoms with Crippen LogP contribution in [-0.4, -0.2) is 75.3 Å². The molecule has 1 amide bonds. The van der Waals surface area contributed by atoms with E-state index in [0.29, 0.717) is 55.3 Å². The molecule has 6 rings (SSSR count). The normalized spacial score (nSPS) is 17.3. The number of carbonyl (C=O) groups excluding carboxylic acids is 1. The quantitative estimate of drug-likeness (QED) is 0.364. The Morgan fingerprint density at radius 2 is 1.95 bits per heavy atom. The van der Waals surface area contributed by atoms with Gasteiger partial charge in [0.1, 0.15) is 22.4 Å². The molecule has 1 atom stereocenters. The standard InChI is InChI=1S/C30H33N7O3.ClH/c1-2-3-13-37-27-26(33-20-36(30(27)39)19-24-23-9-5-4-7-21(23)10-11-32-24)25(29(38)34-14-16-40-17-15-34)28(37)35-12-6-8-22(31)18-35;/h4-5,7,9-11,20,22H,6,8,12-19,31H2,1H3;1H/t22-;/m0./s1. The number of carbonyl (C=O) groups is 1. The van der Waals surface area contributed by atoms with Gasteiger partial charge in [-0.2, -0.15) is 0 Å². The summed E-state index contributed by atoms with van der Waals surface area (Å²) in [5.41, 5.74) is 8.14. The molecule has 0 spiro atoms. The van der Waals surface area contributed by atoms with Crippen LogP contribution < -0.4 is 16.2 Å². The highest BCUT2D eigenvalue weighted by Crippen LogP contribution is 2.33. The lowest BCUT2D eigenvalue weighted by Crippen LogP contribution is -2.45. The maximum atomic E-state index is 14.2. The van der Waals surface area contributed by atoms with Gasteiger partial charge in [0.25, 0.3) is 11.5 Å². The molecule has 2 saturated heterocycles. The Morgan fingerprint density at radius 1 is 1.15 bits per heavy atom. The molecule has 2 aliphatic rings. The van der Waals surface area contributed by atoms with E-state index in [1.54, 1.807) is 22.6 Å². The number of piperidine rings is 1. The van der Waals surface area contributed by atoms with Crippen molar-refractivity contribution in [2.24, 2.45) is 5.73 Å². The van der Waals surface area contributed by atoms with Crippen LogP contribution in [0.25, 0.3) is 21.8 Å². The summed E-state index contributed by atoms with van der Waals surface area (Å²) in [5, 5.41) is 2.04. The van der Waals surface area contributed by atoms with Gasteiger partial charge in [-0.3, -0.25) is 19.1 Å². The number of aromatic nitrogens is 4.